The lowest BCUT2D eigenvalue weighted by atomic mass is 10.1. The van der Waals surface area contributed by atoms with Crippen LogP contribution in [-0.4, -0.2) is 31.1 Å². The van der Waals surface area contributed by atoms with Crippen LogP contribution in [0, 0.1) is 11.3 Å². The molecule has 0 aromatic heterocycles. The molecule has 5 nitrogen and oxygen atoms in total. The number of hydrogen-bond acceptors (Lipinski definition) is 4. The first-order valence-corrected chi connectivity index (χ1v) is 8.86. The lowest BCUT2D eigenvalue weighted by Gasteiger charge is -2.20. The van der Waals surface area contributed by atoms with Crippen molar-refractivity contribution < 1.29 is 14.3 Å². The van der Waals surface area contributed by atoms with E-state index in [0.29, 0.717) is 24.6 Å². The molecule has 0 radical (unpaired) electrons. The molecular weight excluding hydrogens is 340 g/mol. The minimum atomic E-state index is -0.0461. The number of nitrogens with zero attached hydrogens (tertiary/aromatic N) is 2. The molecule has 0 aliphatic heterocycles. The van der Waals surface area contributed by atoms with Gasteiger partial charge in [-0.3, -0.25) is 4.79 Å². The summed E-state index contributed by atoms with van der Waals surface area (Å²) in [5.74, 6) is 0.984. The van der Waals surface area contributed by atoms with E-state index in [9.17, 15) is 4.79 Å². The van der Waals surface area contributed by atoms with E-state index in [1.807, 2.05) is 47.4 Å². The van der Waals surface area contributed by atoms with Gasteiger partial charge in [-0.1, -0.05) is 43.3 Å². The van der Waals surface area contributed by atoms with Crippen molar-refractivity contribution in [3.8, 4) is 17.6 Å². The van der Waals surface area contributed by atoms with Gasteiger partial charge in [0.2, 0.25) is 5.91 Å². The van der Waals surface area contributed by atoms with Crippen molar-refractivity contribution in [2.45, 2.75) is 19.9 Å². The first kappa shape index (κ1) is 20.1. The number of rotatable bonds is 9. The van der Waals surface area contributed by atoms with Gasteiger partial charge in [0.1, 0.15) is 6.07 Å². The second-order valence-electron chi connectivity index (χ2n) is 5.94. The molecule has 0 spiro atoms. The van der Waals surface area contributed by atoms with E-state index in [2.05, 4.69) is 6.92 Å². The van der Waals surface area contributed by atoms with Crippen molar-refractivity contribution in [2.24, 2.45) is 0 Å². The summed E-state index contributed by atoms with van der Waals surface area (Å²) in [6.07, 6.45) is 4.22. The van der Waals surface area contributed by atoms with Crippen LogP contribution >= 0.6 is 0 Å². The molecule has 0 saturated carbocycles. The zero-order valence-electron chi connectivity index (χ0n) is 15.7. The second-order valence-corrected chi connectivity index (χ2v) is 5.94. The fourth-order valence-corrected chi connectivity index (χ4v) is 2.63. The third-order valence-corrected chi connectivity index (χ3v) is 3.92. The summed E-state index contributed by atoms with van der Waals surface area (Å²) in [5, 5.41) is 8.62. The molecular formula is C22H24N2O3. The lowest BCUT2D eigenvalue weighted by molar-refractivity contribution is -0.126. The van der Waals surface area contributed by atoms with Gasteiger partial charge >= 0.3 is 0 Å². The van der Waals surface area contributed by atoms with Gasteiger partial charge in [0.05, 0.1) is 7.11 Å². The number of methoxy groups -OCH3 is 1. The van der Waals surface area contributed by atoms with Crippen molar-refractivity contribution in [2.75, 3.05) is 20.3 Å². The number of carbonyl (C=O) groups is 1. The highest BCUT2D eigenvalue weighted by Gasteiger charge is 2.10. The third-order valence-electron chi connectivity index (χ3n) is 3.92. The quantitative estimate of drug-likeness (QED) is 0.630. The maximum absolute atomic E-state index is 12.6. The van der Waals surface area contributed by atoms with E-state index in [1.165, 1.54) is 7.11 Å². The van der Waals surface area contributed by atoms with E-state index < -0.39 is 0 Å². The fourth-order valence-electron chi connectivity index (χ4n) is 2.63. The molecule has 0 atom stereocenters. The summed E-state index contributed by atoms with van der Waals surface area (Å²) >= 11 is 0. The van der Waals surface area contributed by atoms with Gasteiger partial charge in [-0.15, -0.1) is 0 Å². The molecule has 0 aliphatic carbocycles. The van der Waals surface area contributed by atoms with Crippen molar-refractivity contribution in [1.82, 2.24) is 4.90 Å². The molecule has 0 aliphatic rings. The van der Waals surface area contributed by atoms with Crippen molar-refractivity contribution in [3.05, 3.63) is 65.7 Å². The monoisotopic (exact) mass is 364 g/mol. The Morgan fingerprint density at radius 3 is 2.63 bits per heavy atom. The van der Waals surface area contributed by atoms with E-state index in [-0.39, 0.29) is 12.5 Å². The normalized spacial score (nSPS) is 10.4. The van der Waals surface area contributed by atoms with Crippen LogP contribution in [0.4, 0.5) is 0 Å². The summed E-state index contributed by atoms with van der Waals surface area (Å²) in [6, 6.07) is 17.2. The van der Waals surface area contributed by atoms with E-state index in [1.54, 1.807) is 24.3 Å². The van der Waals surface area contributed by atoms with Crippen LogP contribution in [0.5, 0.6) is 11.5 Å². The van der Waals surface area contributed by atoms with Crippen LogP contribution in [0.15, 0.2) is 54.6 Å². The fraction of sp³-hybridized carbons (Fsp3) is 0.273. The van der Waals surface area contributed by atoms with Crippen molar-refractivity contribution in [3.63, 3.8) is 0 Å². The topological polar surface area (TPSA) is 62.6 Å². The van der Waals surface area contributed by atoms with E-state index in [4.69, 9.17) is 14.7 Å². The average molecular weight is 364 g/mol. The second kappa shape index (κ2) is 10.7. The van der Waals surface area contributed by atoms with Crippen molar-refractivity contribution >= 4 is 12.0 Å². The van der Waals surface area contributed by atoms with Gasteiger partial charge < -0.3 is 14.4 Å². The summed E-state index contributed by atoms with van der Waals surface area (Å²) in [5.41, 5.74) is 1.93. The smallest absolute Gasteiger partial charge is 0.246 e. The SMILES string of the molecule is CCCN(Cc1ccccc1)C(=O)/C=C/c1ccc(OCC#N)c(OC)c1. The zero-order chi connectivity index (χ0) is 19.5. The molecule has 0 saturated heterocycles. The molecule has 1 amide bonds. The van der Waals surface area contributed by atoms with Gasteiger partial charge in [0, 0.05) is 19.2 Å². The first-order valence-electron chi connectivity index (χ1n) is 8.86. The van der Waals surface area contributed by atoms with Crippen LogP contribution in [-0.2, 0) is 11.3 Å². The summed E-state index contributed by atoms with van der Waals surface area (Å²) in [6.45, 7) is 3.29. The highest BCUT2D eigenvalue weighted by atomic mass is 16.5. The number of ether oxygens (including phenoxy) is 2. The molecule has 0 heterocycles. The van der Waals surface area contributed by atoms with Gasteiger partial charge in [-0.05, 0) is 35.8 Å². The van der Waals surface area contributed by atoms with Gasteiger partial charge in [0.25, 0.3) is 0 Å². The van der Waals surface area contributed by atoms with Gasteiger partial charge in [0.15, 0.2) is 18.1 Å². The highest BCUT2D eigenvalue weighted by molar-refractivity contribution is 5.91. The molecule has 2 rings (SSSR count). The molecule has 0 N–H and O–H groups in total. The van der Waals surface area contributed by atoms with Crippen LogP contribution < -0.4 is 9.47 Å². The Morgan fingerprint density at radius 1 is 1.19 bits per heavy atom. The summed E-state index contributed by atoms with van der Waals surface area (Å²) in [4.78, 5) is 14.4. The number of nitriles is 1. The maximum Gasteiger partial charge on any atom is 0.246 e. The van der Waals surface area contributed by atoms with Gasteiger partial charge in [-0.2, -0.15) is 5.26 Å². The summed E-state index contributed by atoms with van der Waals surface area (Å²) in [7, 11) is 1.54. The molecule has 0 bridgehead atoms. The molecule has 27 heavy (non-hydrogen) atoms. The Morgan fingerprint density at radius 2 is 1.96 bits per heavy atom. The molecule has 140 valence electrons. The Balaban J connectivity index is 2.09. The number of benzene rings is 2. The number of amides is 1. The van der Waals surface area contributed by atoms with Crippen LogP contribution in [0.1, 0.15) is 24.5 Å². The first-order chi connectivity index (χ1) is 13.2. The van der Waals surface area contributed by atoms with Crippen LogP contribution in [0.2, 0.25) is 0 Å². The molecule has 2 aromatic carbocycles. The molecule has 5 heteroatoms. The minimum absolute atomic E-state index is 0.0375. The largest absolute Gasteiger partial charge is 0.493 e. The van der Waals surface area contributed by atoms with Gasteiger partial charge in [-0.25, -0.2) is 0 Å². The standard InChI is InChI=1S/C22H24N2O3/c1-3-14-24(17-19-7-5-4-6-8-19)22(25)12-10-18-9-11-20(27-15-13-23)21(16-18)26-2/h4-12,16H,3,14-15,17H2,1-2H3/b12-10+. The van der Waals surface area contributed by atoms with Crippen molar-refractivity contribution in [1.29, 1.82) is 5.26 Å². The third kappa shape index (κ3) is 6.19. The molecule has 0 fully saturated rings. The van der Waals surface area contributed by atoms with Crippen LogP contribution in [0.25, 0.3) is 6.08 Å². The predicted molar refractivity (Wildman–Crippen MR) is 105 cm³/mol. The highest BCUT2D eigenvalue weighted by Crippen LogP contribution is 2.28. The Labute approximate surface area is 160 Å². The minimum Gasteiger partial charge on any atom is -0.493 e. The number of hydrogen-bond donors (Lipinski definition) is 0. The average Bonchev–Trinajstić information content (AvgIpc) is 2.71. The molecule has 0 unspecified atom stereocenters. The zero-order valence-corrected chi connectivity index (χ0v) is 15.7. The van der Waals surface area contributed by atoms with E-state index >= 15 is 0 Å². The Hall–Kier alpha value is -3.26. The summed E-state index contributed by atoms with van der Waals surface area (Å²) < 4.78 is 10.6. The number of carbonyl (C=O) groups excluding carboxylic acids is 1. The van der Waals surface area contributed by atoms with Crippen LogP contribution in [0.3, 0.4) is 0 Å². The van der Waals surface area contributed by atoms with E-state index in [0.717, 1.165) is 17.5 Å². The Kier molecular flexibility index (Phi) is 7.92. The Bertz CT molecular complexity index is 810. The maximum atomic E-state index is 12.6. The lowest BCUT2D eigenvalue weighted by Crippen LogP contribution is -2.29. The molecule has 2 aromatic rings. The predicted octanol–water partition coefficient (Wildman–Crippen LogP) is 4.05.